The molecule has 0 atom stereocenters. The number of hydrogen-bond acceptors (Lipinski definition) is 2. The molecule has 0 aromatic heterocycles. The summed E-state index contributed by atoms with van der Waals surface area (Å²) in [5.41, 5.74) is 5.08. The van der Waals surface area contributed by atoms with Crippen LogP contribution in [0.5, 0.6) is 0 Å². The van der Waals surface area contributed by atoms with E-state index in [-0.39, 0.29) is 11.8 Å². The zero-order chi connectivity index (χ0) is 15.2. The molecule has 0 aliphatic carbocycles. The van der Waals surface area contributed by atoms with Crippen molar-refractivity contribution in [2.45, 2.75) is 13.8 Å². The van der Waals surface area contributed by atoms with Gasteiger partial charge in [0.05, 0.1) is 5.71 Å². The number of nitrogens with one attached hydrogen (secondary N) is 1. The van der Waals surface area contributed by atoms with Crippen LogP contribution in [-0.2, 0) is 0 Å². The number of amides is 1. The van der Waals surface area contributed by atoms with Crippen molar-refractivity contribution in [1.29, 1.82) is 0 Å². The van der Waals surface area contributed by atoms with E-state index in [4.69, 9.17) is 0 Å². The molecule has 1 amide bonds. The monoisotopic (exact) mass is 344 g/mol. The van der Waals surface area contributed by atoms with E-state index in [0.29, 0.717) is 5.56 Å². The maximum absolute atomic E-state index is 12.1. The van der Waals surface area contributed by atoms with Crippen molar-refractivity contribution in [3.8, 4) is 0 Å². The average molecular weight is 345 g/mol. The number of hydrogen-bond donors (Lipinski definition) is 1. The minimum atomic E-state index is -0.217. The van der Waals surface area contributed by atoms with Crippen molar-refractivity contribution in [1.82, 2.24) is 5.43 Å². The number of benzene rings is 2. The predicted molar refractivity (Wildman–Crippen MR) is 89.4 cm³/mol. The van der Waals surface area contributed by atoms with Crippen LogP contribution in [0.15, 0.2) is 64.2 Å². The Morgan fingerprint density at radius 3 is 2.33 bits per heavy atom. The van der Waals surface area contributed by atoms with Crippen LogP contribution in [0.4, 0.5) is 0 Å². The highest BCUT2D eigenvalue weighted by Gasteiger charge is 2.10. The maximum Gasteiger partial charge on any atom is 0.271 e. The van der Waals surface area contributed by atoms with Gasteiger partial charge in [-0.1, -0.05) is 66.2 Å². The molecule has 3 nitrogen and oxygen atoms in total. The van der Waals surface area contributed by atoms with E-state index in [9.17, 15) is 4.79 Å². The molecule has 0 spiro atoms. The molecule has 2 aromatic carbocycles. The fourth-order valence-corrected chi connectivity index (χ4v) is 2.34. The molecule has 1 N–H and O–H groups in total. The zero-order valence-corrected chi connectivity index (χ0v) is 13.6. The Morgan fingerprint density at radius 2 is 1.71 bits per heavy atom. The van der Waals surface area contributed by atoms with Gasteiger partial charge in [-0.25, -0.2) is 5.43 Å². The summed E-state index contributed by atoms with van der Waals surface area (Å²) in [6.45, 7) is 4.11. The van der Waals surface area contributed by atoms with E-state index in [1.807, 2.05) is 42.5 Å². The lowest BCUT2D eigenvalue weighted by molar-refractivity contribution is 0.0954. The van der Waals surface area contributed by atoms with Crippen LogP contribution >= 0.6 is 15.9 Å². The molecule has 0 fully saturated rings. The van der Waals surface area contributed by atoms with E-state index in [1.54, 1.807) is 12.1 Å². The van der Waals surface area contributed by atoms with Crippen molar-refractivity contribution in [3.63, 3.8) is 0 Å². The highest BCUT2D eigenvalue weighted by atomic mass is 79.9. The summed E-state index contributed by atoms with van der Waals surface area (Å²) in [5.74, 6) is 0.000547. The lowest BCUT2D eigenvalue weighted by Crippen LogP contribution is -2.22. The Morgan fingerprint density at radius 1 is 1.05 bits per heavy atom. The van der Waals surface area contributed by atoms with Gasteiger partial charge >= 0.3 is 0 Å². The SMILES string of the molecule is CC(C)C(=NNC(=O)c1cccc(Br)c1)c1ccccc1. The molecule has 0 aliphatic rings. The first-order valence-electron chi connectivity index (χ1n) is 6.77. The Kier molecular flexibility index (Phi) is 5.28. The number of nitrogens with zero attached hydrogens (tertiary/aromatic N) is 1. The molecule has 2 rings (SSSR count). The number of hydrazone groups is 1. The molecule has 2 aromatic rings. The Labute approximate surface area is 133 Å². The highest BCUT2D eigenvalue weighted by molar-refractivity contribution is 9.10. The maximum atomic E-state index is 12.1. The Hall–Kier alpha value is -1.94. The van der Waals surface area contributed by atoms with Gasteiger partial charge in [-0.3, -0.25) is 4.79 Å². The second-order valence-electron chi connectivity index (χ2n) is 4.97. The predicted octanol–water partition coefficient (Wildman–Crippen LogP) is 4.24. The smallest absolute Gasteiger partial charge is 0.267 e. The van der Waals surface area contributed by atoms with E-state index in [0.717, 1.165) is 15.7 Å². The van der Waals surface area contributed by atoms with Gasteiger partial charge in [-0.2, -0.15) is 5.10 Å². The third kappa shape index (κ3) is 4.26. The van der Waals surface area contributed by atoms with Crippen LogP contribution in [0, 0.1) is 5.92 Å². The van der Waals surface area contributed by atoms with E-state index < -0.39 is 0 Å². The fourth-order valence-electron chi connectivity index (χ4n) is 1.94. The van der Waals surface area contributed by atoms with Crippen molar-refractivity contribution < 1.29 is 4.79 Å². The van der Waals surface area contributed by atoms with Crippen molar-refractivity contribution in [2.75, 3.05) is 0 Å². The van der Waals surface area contributed by atoms with Crippen molar-refractivity contribution in [2.24, 2.45) is 11.0 Å². The molecule has 4 heteroatoms. The van der Waals surface area contributed by atoms with E-state index in [1.165, 1.54) is 0 Å². The summed E-state index contributed by atoms with van der Waals surface area (Å²) < 4.78 is 0.867. The summed E-state index contributed by atoms with van der Waals surface area (Å²) in [5, 5.41) is 4.30. The largest absolute Gasteiger partial charge is 0.271 e. The topological polar surface area (TPSA) is 41.5 Å². The van der Waals surface area contributed by atoms with Crippen molar-refractivity contribution in [3.05, 3.63) is 70.2 Å². The van der Waals surface area contributed by atoms with E-state index >= 15 is 0 Å². The Balaban J connectivity index is 2.19. The van der Waals surface area contributed by atoms with Crippen LogP contribution in [0.2, 0.25) is 0 Å². The van der Waals surface area contributed by atoms with Gasteiger partial charge in [0, 0.05) is 10.0 Å². The second kappa shape index (κ2) is 7.18. The first-order chi connectivity index (χ1) is 10.1. The molecule has 0 saturated carbocycles. The third-order valence-corrected chi connectivity index (χ3v) is 3.47. The third-order valence-electron chi connectivity index (χ3n) is 2.98. The van der Waals surface area contributed by atoms with Crippen LogP contribution in [-0.4, -0.2) is 11.6 Å². The molecule has 0 unspecified atom stereocenters. The molecular weight excluding hydrogens is 328 g/mol. The number of carbonyl (C=O) groups is 1. The summed E-state index contributed by atoms with van der Waals surface area (Å²) in [7, 11) is 0. The van der Waals surface area contributed by atoms with Crippen LogP contribution in [0.25, 0.3) is 0 Å². The summed E-state index contributed by atoms with van der Waals surface area (Å²) in [4.78, 5) is 12.1. The van der Waals surface area contributed by atoms with Gasteiger partial charge in [0.15, 0.2) is 0 Å². The first-order valence-corrected chi connectivity index (χ1v) is 7.56. The zero-order valence-electron chi connectivity index (χ0n) is 12.0. The van der Waals surface area contributed by atoms with Crippen LogP contribution in [0.1, 0.15) is 29.8 Å². The molecule has 0 heterocycles. The molecule has 21 heavy (non-hydrogen) atoms. The summed E-state index contributed by atoms with van der Waals surface area (Å²) in [6, 6.07) is 17.1. The standard InChI is InChI=1S/C17H17BrN2O/c1-12(2)16(13-7-4-3-5-8-13)19-20-17(21)14-9-6-10-15(18)11-14/h3-12H,1-2H3,(H,20,21). The number of rotatable bonds is 4. The first kappa shape index (κ1) is 15.4. The van der Waals surface area contributed by atoms with E-state index in [2.05, 4.69) is 40.3 Å². The minimum Gasteiger partial charge on any atom is -0.267 e. The normalized spacial score (nSPS) is 11.5. The van der Waals surface area contributed by atoms with Gasteiger partial charge in [0.25, 0.3) is 5.91 Å². The molecule has 0 saturated heterocycles. The fraction of sp³-hybridized carbons (Fsp3) is 0.176. The van der Waals surface area contributed by atoms with Gasteiger partial charge < -0.3 is 0 Å². The summed E-state index contributed by atoms with van der Waals surface area (Å²) in [6.07, 6.45) is 0. The van der Waals surface area contributed by atoms with Crippen LogP contribution in [0.3, 0.4) is 0 Å². The lowest BCUT2D eigenvalue weighted by Gasteiger charge is -2.10. The van der Waals surface area contributed by atoms with Crippen molar-refractivity contribution >= 4 is 27.5 Å². The molecule has 108 valence electrons. The molecular formula is C17H17BrN2O. The average Bonchev–Trinajstić information content (AvgIpc) is 2.48. The highest BCUT2D eigenvalue weighted by Crippen LogP contribution is 2.12. The van der Waals surface area contributed by atoms with Gasteiger partial charge in [0.1, 0.15) is 0 Å². The minimum absolute atomic E-state index is 0.217. The quantitative estimate of drug-likeness (QED) is 0.654. The molecule has 0 bridgehead atoms. The number of halogens is 1. The van der Waals surface area contributed by atoms with Gasteiger partial charge in [-0.05, 0) is 29.7 Å². The van der Waals surface area contributed by atoms with Crippen LogP contribution < -0.4 is 5.43 Å². The summed E-state index contributed by atoms with van der Waals surface area (Å²) >= 11 is 3.35. The van der Waals surface area contributed by atoms with Gasteiger partial charge in [-0.15, -0.1) is 0 Å². The number of carbonyl (C=O) groups excluding carboxylic acids is 1. The molecule has 0 radical (unpaired) electrons. The molecule has 0 aliphatic heterocycles. The Bertz CT molecular complexity index is 651. The second-order valence-corrected chi connectivity index (χ2v) is 5.88. The lowest BCUT2D eigenvalue weighted by atomic mass is 10.0. The van der Waals surface area contributed by atoms with Gasteiger partial charge in [0.2, 0.25) is 0 Å².